The fourth-order valence-electron chi connectivity index (χ4n) is 4.25. The Morgan fingerprint density at radius 3 is 2.61 bits per heavy atom. The maximum Gasteiger partial charge on any atom is 0.193 e. The highest BCUT2D eigenvalue weighted by Gasteiger charge is 2.43. The van der Waals surface area contributed by atoms with Crippen LogP contribution in [-0.4, -0.2) is 72.8 Å². The Kier molecular flexibility index (Phi) is 5.81. The summed E-state index contributed by atoms with van der Waals surface area (Å²) in [6.07, 6.45) is 8.53. The third kappa shape index (κ3) is 4.38. The predicted molar refractivity (Wildman–Crippen MR) is 94.8 cm³/mol. The monoisotopic (exact) mass is 322 g/mol. The molecule has 0 bridgehead atoms. The molecule has 0 amide bonds. The van der Waals surface area contributed by atoms with Gasteiger partial charge in [-0.15, -0.1) is 0 Å². The first kappa shape index (κ1) is 17.0. The fraction of sp³-hybridized carbons (Fsp3) is 0.944. The van der Waals surface area contributed by atoms with Crippen molar-refractivity contribution in [3.05, 3.63) is 0 Å². The maximum absolute atomic E-state index is 9.56. The normalized spacial score (nSPS) is 25.8. The van der Waals surface area contributed by atoms with Crippen LogP contribution in [0.2, 0.25) is 0 Å². The van der Waals surface area contributed by atoms with Crippen LogP contribution in [0.25, 0.3) is 0 Å². The molecule has 1 aliphatic carbocycles. The molecule has 0 aromatic heterocycles. The second-order valence-corrected chi connectivity index (χ2v) is 7.69. The molecule has 2 N–H and O–H groups in total. The lowest BCUT2D eigenvalue weighted by Crippen LogP contribution is -2.42. The Balaban J connectivity index is 1.42. The number of aliphatic imine (C=N–C) groups is 1. The number of nitrogens with one attached hydrogen (secondary N) is 1. The summed E-state index contributed by atoms with van der Waals surface area (Å²) < 4.78 is 0. The first-order valence-electron chi connectivity index (χ1n) is 9.64. The molecule has 5 nitrogen and oxygen atoms in total. The Morgan fingerprint density at radius 2 is 2.00 bits per heavy atom. The highest BCUT2D eigenvalue weighted by molar-refractivity contribution is 5.80. The molecule has 132 valence electrons. The molecule has 0 unspecified atom stereocenters. The van der Waals surface area contributed by atoms with E-state index in [1.54, 1.807) is 0 Å². The van der Waals surface area contributed by atoms with E-state index in [4.69, 9.17) is 4.99 Å². The molecule has 2 saturated heterocycles. The molecule has 1 saturated carbocycles. The molecule has 3 fully saturated rings. The van der Waals surface area contributed by atoms with E-state index in [-0.39, 0.29) is 6.10 Å². The lowest BCUT2D eigenvalue weighted by atomic mass is 9.68. The standard InChI is InChI=1S/C18H34N4O/c1-2-19-17(22-14-9-18(15-22)7-3-8-18)20-10-4-11-21-12-5-16(23)6-13-21/h16,23H,2-15H2,1H3,(H,19,20). The summed E-state index contributed by atoms with van der Waals surface area (Å²) >= 11 is 0. The molecule has 1 spiro atoms. The number of guanidine groups is 1. The summed E-state index contributed by atoms with van der Waals surface area (Å²) in [4.78, 5) is 9.83. The van der Waals surface area contributed by atoms with Gasteiger partial charge < -0.3 is 20.2 Å². The third-order valence-corrected chi connectivity index (χ3v) is 5.94. The first-order valence-corrected chi connectivity index (χ1v) is 9.64. The molecule has 3 aliphatic rings. The minimum absolute atomic E-state index is 0.0707. The number of nitrogens with zero attached hydrogens (tertiary/aromatic N) is 3. The second-order valence-electron chi connectivity index (χ2n) is 7.69. The van der Waals surface area contributed by atoms with Gasteiger partial charge in [0.2, 0.25) is 0 Å². The molecular weight excluding hydrogens is 288 g/mol. The van der Waals surface area contributed by atoms with E-state index >= 15 is 0 Å². The zero-order chi connectivity index (χ0) is 16.1. The summed E-state index contributed by atoms with van der Waals surface area (Å²) in [5.74, 6) is 1.13. The van der Waals surface area contributed by atoms with Gasteiger partial charge in [0.25, 0.3) is 0 Å². The van der Waals surface area contributed by atoms with Crippen molar-refractivity contribution in [2.45, 2.75) is 58.0 Å². The smallest absolute Gasteiger partial charge is 0.193 e. The van der Waals surface area contributed by atoms with Gasteiger partial charge in [0.15, 0.2) is 5.96 Å². The SMILES string of the molecule is CCNC(=NCCCN1CCC(O)CC1)N1CCC2(CCC2)C1. The van der Waals surface area contributed by atoms with E-state index in [0.29, 0.717) is 5.41 Å². The minimum Gasteiger partial charge on any atom is -0.393 e. The van der Waals surface area contributed by atoms with Crippen molar-refractivity contribution < 1.29 is 5.11 Å². The Labute approximate surface area is 141 Å². The Hall–Kier alpha value is -0.810. The van der Waals surface area contributed by atoms with E-state index in [1.807, 2.05) is 0 Å². The van der Waals surface area contributed by atoms with Crippen LogP contribution in [0.4, 0.5) is 0 Å². The summed E-state index contributed by atoms with van der Waals surface area (Å²) in [5.41, 5.74) is 0.630. The van der Waals surface area contributed by atoms with Crippen molar-refractivity contribution in [3.63, 3.8) is 0 Å². The summed E-state index contributed by atoms with van der Waals surface area (Å²) in [6.45, 7) is 9.60. The van der Waals surface area contributed by atoms with Gasteiger partial charge in [-0.3, -0.25) is 4.99 Å². The first-order chi connectivity index (χ1) is 11.2. The maximum atomic E-state index is 9.56. The topological polar surface area (TPSA) is 51.1 Å². The molecule has 0 atom stereocenters. The predicted octanol–water partition coefficient (Wildman–Crippen LogP) is 1.67. The van der Waals surface area contributed by atoms with Crippen LogP contribution >= 0.6 is 0 Å². The van der Waals surface area contributed by atoms with Gasteiger partial charge in [0.05, 0.1) is 6.10 Å². The highest BCUT2D eigenvalue weighted by atomic mass is 16.3. The number of hydrogen-bond acceptors (Lipinski definition) is 3. The van der Waals surface area contributed by atoms with Crippen LogP contribution in [0.5, 0.6) is 0 Å². The van der Waals surface area contributed by atoms with E-state index in [1.165, 1.54) is 38.8 Å². The van der Waals surface area contributed by atoms with Gasteiger partial charge in [-0.2, -0.15) is 0 Å². The molecule has 0 aromatic carbocycles. The largest absolute Gasteiger partial charge is 0.393 e. The molecule has 5 heteroatoms. The van der Waals surface area contributed by atoms with E-state index in [9.17, 15) is 5.11 Å². The van der Waals surface area contributed by atoms with Crippen molar-refractivity contribution >= 4 is 5.96 Å². The van der Waals surface area contributed by atoms with Crippen molar-refractivity contribution in [1.29, 1.82) is 0 Å². The third-order valence-electron chi connectivity index (χ3n) is 5.94. The summed E-state index contributed by atoms with van der Waals surface area (Å²) in [6, 6.07) is 0. The molecule has 2 heterocycles. The zero-order valence-electron chi connectivity index (χ0n) is 14.8. The number of likely N-dealkylation sites (tertiary alicyclic amines) is 2. The van der Waals surface area contributed by atoms with Crippen molar-refractivity contribution in [2.24, 2.45) is 10.4 Å². The van der Waals surface area contributed by atoms with Crippen LogP contribution in [0.3, 0.4) is 0 Å². The van der Waals surface area contributed by atoms with Gasteiger partial charge in [-0.1, -0.05) is 6.42 Å². The van der Waals surface area contributed by atoms with Crippen LogP contribution in [0.1, 0.15) is 51.9 Å². The van der Waals surface area contributed by atoms with Gasteiger partial charge in [0, 0.05) is 39.3 Å². The van der Waals surface area contributed by atoms with Crippen molar-refractivity contribution in [2.75, 3.05) is 45.8 Å². The summed E-state index contributed by atoms with van der Waals surface area (Å²) in [7, 11) is 0. The highest BCUT2D eigenvalue weighted by Crippen LogP contribution is 2.47. The number of aliphatic hydroxyl groups is 1. The fourth-order valence-corrected chi connectivity index (χ4v) is 4.25. The Bertz CT molecular complexity index is 400. The molecule has 23 heavy (non-hydrogen) atoms. The molecule has 0 radical (unpaired) electrons. The van der Waals surface area contributed by atoms with Crippen LogP contribution in [0, 0.1) is 5.41 Å². The minimum atomic E-state index is -0.0707. The lowest BCUT2D eigenvalue weighted by molar-refractivity contribution is 0.0824. The quantitative estimate of drug-likeness (QED) is 0.459. The van der Waals surface area contributed by atoms with Gasteiger partial charge >= 0.3 is 0 Å². The van der Waals surface area contributed by atoms with Crippen molar-refractivity contribution in [3.8, 4) is 0 Å². The number of rotatable bonds is 5. The summed E-state index contributed by atoms with van der Waals surface area (Å²) in [5, 5.41) is 13.0. The number of aliphatic hydroxyl groups excluding tert-OH is 1. The van der Waals surface area contributed by atoms with E-state index in [2.05, 4.69) is 22.0 Å². The van der Waals surface area contributed by atoms with Gasteiger partial charge in [0.1, 0.15) is 0 Å². The zero-order valence-corrected chi connectivity index (χ0v) is 14.8. The van der Waals surface area contributed by atoms with E-state index in [0.717, 1.165) is 57.9 Å². The molecular formula is C18H34N4O. The van der Waals surface area contributed by atoms with Crippen LogP contribution in [0.15, 0.2) is 4.99 Å². The lowest BCUT2D eigenvalue weighted by Gasteiger charge is -2.38. The van der Waals surface area contributed by atoms with Crippen molar-refractivity contribution in [1.82, 2.24) is 15.1 Å². The molecule has 2 aliphatic heterocycles. The number of hydrogen-bond donors (Lipinski definition) is 2. The number of piperidine rings is 1. The molecule has 0 aromatic rings. The average molecular weight is 322 g/mol. The van der Waals surface area contributed by atoms with Gasteiger partial charge in [-0.25, -0.2) is 0 Å². The van der Waals surface area contributed by atoms with Gasteiger partial charge in [-0.05, 0) is 57.4 Å². The van der Waals surface area contributed by atoms with Crippen LogP contribution in [-0.2, 0) is 0 Å². The van der Waals surface area contributed by atoms with E-state index < -0.39 is 0 Å². The second kappa shape index (κ2) is 7.84. The average Bonchev–Trinajstić information content (AvgIpc) is 2.98. The Morgan fingerprint density at radius 1 is 1.22 bits per heavy atom. The van der Waals surface area contributed by atoms with Crippen LogP contribution < -0.4 is 5.32 Å². The molecule has 3 rings (SSSR count).